The summed E-state index contributed by atoms with van der Waals surface area (Å²) < 4.78 is 0. The number of piperazine rings is 1. The van der Waals surface area contributed by atoms with Gasteiger partial charge in [-0.05, 0) is 12.8 Å². The summed E-state index contributed by atoms with van der Waals surface area (Å²) in [4.78, 5) is 37.2. The van der Waals surface area contributed by atoms with Gasteiger partial charge in [-0.2, -0.15) is 0 Å². The van der Waals surface area contributed by atoms with Gasteiger partial charge < -0.3 is 20.4 Å². The first-order valence-electron chi connectivity index (χ1n) is 6.22. The molecule has 2 heterocycles. The maximum absolute atomic E-state index is 12.2. The van der Waals surface area contributed by atoms with Crippen molar-refractivity contribution in [1.29, 1.82) is 0 Å². The predicted octanol–water partition coefficient (Wildman–Crippen LogP) is -1.55. The molecule has 0 radical (unpaired) electrons. The lowest BCUT2D eigenvalue weighted by molar-refractivity contribution is -0.144. The van der Waals surface area contributed by atoms with Crippen LogP contribution in [0.4, 0.5) is 4.79 Å². The maximum atomic E-state index is 12.2. The molecule has 2 fully saturated rings. The molecule has 19 heavy (non-hydrogen) atoms. The molecule has 1 atom stereocenters. The minimum absolute atomic E-state index is 0.0730. The molecule has 0 saturated carbocycles. The van der Waals surface area contributed by atoms with Crippen LogP contribution in [-0.4, -0.2) is 76.2 Å². The summed E-state index contributed by atoms with van der Waals surface area (Å²) >= 11 is 0. The van der Waals surface area contributed by atoms with Gasteiger partial charge >= 0.3 is 12.0 Å². The molecule has 2 aliphatic heterocycles. The fourth-order valence-electron chi connectivity index (χ4n) is 2.30. The van der Waals surface area contributed by atoms with Crippen molar-refractivity contribution in [2.24, 2.45) is 0 Å². The van der Waals surface area contributed by atoms with Crippen LogP contribution in [0.5, 0.6) is 0 Å². The SMILES string of the molecule is O=C1CN(C(=O)N2CCC(O)CC2)C(C(=O)O)CN1. The molecule has 0 aliphatic carbocycles. The Morgan fingerprint density at radius 2 is 1.89 bits per heavy atom. The van der Waals surface area contributed by atoms with Gasteiger partial charge in [-0.3, -0.25) is 9.69 Å². The normalized spacial score (nSPS) is 25.1. The van der Waals surface area contributed by atoms with Crippen molar-refractivity contribution < 1.29 is 24.6 Å². The van der Waals surface area contributed by atoms with Crippen LogP contribution < -0.4 is 5.32 Å². The van der Waals surface area contributed by atoms with Crippen molar-refractivity contribution in [3.05, 3.63) is 0 Å². The van der Waals surface area contributed by atoms with Crippen LogP contribution in [-0.2, 0) is 9.59 Å². The number of nitrogens with one attached hydrogen (secondary N) is 1. The number of carboxylic acid groups (broad SMARTS) is 1. The lowest BCUT2D eigenvalue weighted by atomic mass is 10.1. The number of hydrogen-bond donors (Lipinski definition) is 3. The second kappa shape index (κ2) is 5.43. The van der Waals surface area contributed by atoms with E-state index in [4.69, 9.17) is 5.11 Å². The number of carbonyl (C=O) groups is 3. The first-order chi connectivity index (χ1) is 8.99. The lowest BCUT2D eigenvalue weighted by Gasteiger charge is -2.38. The van der Waals surface area contributed by atoms with E-state index in [-0.39, 0.29) is 19.0 Å². The Labute approximate surface area is 110 Å². The number of urea groups is 1. The van der Waals surface area contributed by atoms with Gasteiger partial charge in [0.2, 0.25) is 5.91 Å². The third-order valence-electron chi connectivity index (χ3n) is 3.45. The Hall–Kier alpha value is -1.83. The van der Waals surface area contributed by atoms with Gasteiger partial charge in [-0.1, -0.05) is 0 Å². The van der Waals surface area contributed by atoms with Crippen molar-refractivity contribution in [2.45, 2.75) is 25.0 Å². The second-order valence-electron chi connectivity index (χ2n) is 4.79. The highest BCUT2D eigenvalue weighted by Crippen LogP contribution is 2.15. The number of carboxylic acids is 1. The Morgan fingerprint density at radius 1 is 1.26 bits per heavy atom. The minimum Gasteiger partial charge on any atom is -0.480 e. The third-order valence-corrected chi connectivity index (χ3v) is 3.45. The number of aliphatic hydroxyl groups excluding tert-OH is 1. The minimum atomic E-state index is -1.13. The van der Waals surface area contributed by atoms with Gasteiger partial charge in [0, 0.05) is 19.6 Å². The molecule has 1 unspecified atom stereocenters. The Kier molecular flexibility index (Phi) is 3.89. The van der Waals surface area contributed by atoms with Crippen molar-refractivity contribution >= 4 is 17.9 Å². The zero-order valence-corrected chi connectivity index (χ0v) is 10.4. The second-order valence-corrected chi connectivity index (χ2v) is 4.79. The van der Waals surface area contributed by atoms with Crippen LogP contribution in [0.25, 0.3) is 0 Å². The van der Waals surface area contributed by atoms with Crippen LogP contribution in [0.2, 0.25) is 0 Å². The number of aliphatic hydroxyl groups is 1. The van der Waals surface area contributed by atoms with E-state index in [1.165, 1.54) is 4.90 Å². The molecular formula is C11H17N3O5. The molecule has 0 spiro atoms. The molecule has 3 amide bonds. The van der Waals surface area contributed by atoms with Crippen LogP contribution in [0.3, 0.4) is 0 Å². The molecule has 0 aromatic rings. The van der Waals surface area contributed by atoms with Crippen LogP contribution in [0.15, 0.2) is 0 Å². The molecule has 0 aromatic heterocycles. The zero-order valence-electron chi connectivity index (χ0n) is 10.4. The Balaban J connectivity index is 2.06. The molecule has 2 rings (SSSR count). The predicted molar refractivity (Wildman–Crippen MR) is 63.3 cm³/mol. The van der Waals surface area contributed by atoms with E-state index < -0.39 is 24.1 Å². The summed E-state index contributed by atoms with van der Waals surface area (Å²) in [5, 5.41) is 20.9. The van der Waals surface area contributed by atoms with Gasteiger partial charge in [0.1, 0.15) is 12.6 Å². The van der Waals surface area contributed by atoms with E-state index >= 15 is 0 Å². The first kappa shape index (κ1) is 13.6. The van der Waals surface area contributed by atoms with Crippen molar-refractivity contribution in [3.8, 4) is 0 Å². The van der Waals surface area contributed by atoms with Crippen molar-refractivity contribution in [1.82, 2.24) is 15.1 Å². The summed E-state index contributed by atoms with van der Waals surface area (Å²) in [5.74, 6) is -1.49. The van der Waals surface area contributed by atoms with Gasteiger partial charge in [0.05, 0.1) is 6.10 Å². The average molecular weight is 271 g/mol. The number of hydrogen-bond acceptors (Lipinski definition) is 4. The Bertz CT molecular complexity index is 392. The number of piperidine rings is 1. The van der Waals surface area contributed by atoms with E-state index in [2.05, 4.69) is 5.32 Å². The van der Waals surface area contributed by atoms with E-state index in [9.17, 15) is 19.5 Å². The summed E-state index contributed by atoms with van der Waals surface area (Å²) in [6.45, 7) is 0.445. The summed E-state index contributed by atoms with van der Waals surface area (Å²) in [6.07, 6.45) is 0.538. The lowest BCUT2D eigenvalue weighted by Crippen LogP contribution is -2.62. The van der Waals surface area contributed by atoms with Crippen molar-refractivity contribution in [3.63, 3.8) is 0 Å². The molecule has 2 saturated heterocycles. The summed E-state index contributed by atoms with van der Waals surface area (Å²) in [5.41, 5.74) is 0. The van der Waals surface area contributed by atoms with E-state index in [1.54, 1.807) is 0 Å². The highest BCUT2D eigenvalue weighted by atomic mass is 16.4. The van der Waals surface area contributed by atoms with Gasteiger partial charge in [-0.25, -0.2) is 9.59 Å². The zero-order chi connectivity index (χ0) is 14.0. The smallest absolute Gasteiger partial charge is 0.328 e. The number of amides is 3. The largest absolute Gasteiger partial charge is 0.480 e. The molecule has 0 aromatic carbocycles. The summed E-state index contributed by atoms with van der Waals surface area (Å²) in [6, 6.07) is -1.48. The molecule has 0 bridgehead atoms. The maximum Gasteiger partial charge on any atom is 0.328 e. The summed E-state index contributed by atoms with van der Waals surface area (Å²) in [7, 11) is 0. The highest BCUT2D eigenvalue weighted by Gasteiger charge is 2.37. The van der Waals surface area contributed by atoms with Crippen LogP contribution in [0, 0.1) is 0 Å². The third kappa shape index (κ3) is 2.95. The van der Waals surface area contributed by atoms with E-state index in [0.717, 1.165) is 4.90 Å². The highest BCUT2D eigenvalue weighted by molar-refractivity contribution is 5.90. The van der Waals surface area contributed by atoms with Crippen LogP contribution >= 0.6 is 0 Å². The molecule has 3 N–H and O–H groups in total. The quantitative estimate of drug-likeness (QED) is 0.534. The fourth-order valence-corrected chi connectivity index (χ4v) is 2.30. The fraction of sp³-hybridized carbons (Fsp3) is 0.727. The topological polar surface area (TPSA) is 110 Å². The first-order valence-corrected chi connectivity index (χ1v) is 6.22. The molecule has 8 nitrogen and oxygen atoms in total. The number of likely N-dealkylation sites (tertiary alicyclic amines) is 1. The molecular weight excluding hydrogens is 254 g/mol. The molecule has 2 aliphatic rings. The average Bonchev–Trinajstić information content (AvgIpc) is 2.38. The van der Waals surface area contributed by atoms with Gasteiger partial charge in [0.15, 0.2) is 0 Å². The van der Waals surface area contributed by atoms with E-state index in [1.807, 2.05) is 0 Å². The monoisotopic (exact) mass is 271 g/mol. The van der Waals surface area contributed by atoms with Crippen LogP contribution in [0.1, 0.15) is 12.8 Å². The Morgan fingerprint density at radius 3 is 2.47 bits per heavy atom. The van der Waals surface area contributed by atoms with Gasteiger partial charge in [0.25, 0.3) is 0 Å². The number of rotatable bonds is 1. The number of carbonyl (C=O) groups excluding carboxylic acids is 2. The van der Waals surface area contributed by atoms with Gasteiger partial charge in [-0.15, -0.1) is 0 Å². The van der Waals surface area contributed by atoms with E-state index in [0.29, 0.717) is 25.9 Å². The number of nitrogens with zero attached hydrogens (tertiary/aromatic N) is 2. The molecule has 8 heteroatoms. The molecule has 106 valence electrons. The van der Waals surface area contributed by atoms with Crippen molar-refractivity contribution in [2.75, 3.05) is 26.2 Å². The standard InChI is InChI=1S/C11H17N3O5/c15-7-1-3-13(4-2-7)11(19)14-6-9(16)12-5-8(14)10(17)18/h7-8,15H,1-6H2,(H,12,16)(H,17,18). The number of aliphatic carboxylic acids is 1.